The van der Waals surface area contributed by atoms with E-state index in [4.69, 9.17) is 25.8 Å². The van der Waals surface area contributed by atoms with Gasteiger partial charge < -0.3 is 14.2 Å². The summed E-state index contributed by atoms with van der Waals surface area (Å²) in [6, 6.07) is 8.80. The van der Waals surface area contributed by atoms with E-state index in [9.17, 15) is 14.0 Å². The van der Waals surface area contributed by atoms with Gasteiger partial charge in [-0.1, -0.05) is 23.7 Å². The lowest BCUT2D eigenvalue weighted by Gasteiger charge is -2.14. The fraction of sp³-hybridized carbons (Fsp3) is 0.286. The molecule has 2 rings (SSSR count). The van der Waals surface area contributed by atoms with E-state index in [1.807, 2.05) is 0 Å². The first-order chi connectivity index (χ1) is 14.4. The number of nitrogens with zero attached hydrogens (tertiary/aromatic N) is 1. The van der Waals surface area contributed by atoms with Crippen molar-refractivity contribution in [3.63, 3.8) is 0 Å². The maximum absolute atomic E-state index is 12.9. The van der Waals surface area contributed by atoms with E-state index in [0.717, 1.165) is 0 Å². The second-order valence-electron chi connectivity index (χ2n) is 5.95. The molecule has 0 aliphatic heterocycles. The van der Waals surface area contributed by atoms with Gasteiger partial charge in [0.2, 0.25) is 5.91 Å². The highest BCUT2D eigenvalue weighted by Crippen LogP contribution is 2.36. The number of hydrazone groups is 1. The van der Waals surface area contributed by atoms with Crippen LogP contribution in [-0.2, 0) is 20.7 Å². The second kappa shape index (κ2) is 11.8. The quantitative estimate of drug-likeness (QED) is 0.350. The van der Waals surface area contributed by atoms with Crippen LogP contribution in [0, 0.1) is 5.82 Å². The Kier molecular flexibility index (Phi) is 9.08. The molecule has 0 fully saturated rings. The average Bonchev–Trinajstić information content (AvgIpc) is 2.69. The van der Waals surface area contributed by atoms with Gasteiger partial charge in [-0.05, 0) is 49.2 Å². The Balaban J connectivity index is 2.03. The van der Waals surface area contributed by atoms with Crippen molar-refractivity contribution in [2.75, 3.05) is 19.8 Å². The molecule has 160 valence electrons. The molecule has 7 nitrogen and oxygen atoms in total. The van der Waals surface area contributed by atoms with Crippen LogP contribution in [0.5, 0.6) is 11.5 Å². The fourth-order valence-electron chi connectivity index (χ4n) is 2.41. The Morgan fingerprint density at radius 1 is 1.13 bits per heavy atom. The number of hydrogen-bond acceptors (Lipinski definition) is 6. The van der Waals surface area contributed by atoms with E-state index in [-0.39, 0.29) is 42.1 Å². The molecule has 0 unspecified atom stereocenters. The Hall–Kier alpha value is -3.13. The Morgan fingerprint density at radius 2 is 1.87 bits per heavy atom. The summed E-state index contributed by atoms with van der Waals surface area (Å²) in [5, 5.41) is 4.11. The molecule has 0 aromatic heterocycles. The second-order valence-corrected chi connectivity index (χ2v) is 6.36. The number of esters is 1. The van der Waals surface area contributed by atoms with Crippen LogP contribution >= 0.6 is 11.6 Å². The minimum atomic E-state index is -0.523. The van der Waals surface area contributed by atoms with E-state index in [1.165, 1.54) is 30.5 Å². The molecule has 30 heavy (non-hydrogen) atoms. The minimum Gasteiger partial charge on any atom is -0.490 e. The van der Waals surface area contributed by atoms with Crippen molar-refractivity contribution in [1.82, 2.24) is 5.43 Å². The van der Waals surface area contributed by atoms with Crippen molar-refractivity contribution in [3.8, 4) is 11.5 Å². The van der Waals surface area contributed by atoms with Gasteiger partial charge in [-0.3, -0.25) is 4.79 Å². The highest BCUT2D eigenvalue weighted by molar-refractivity contribution is 6.32. The van der Waals surface area contributed by atoms with Crippen LogP contribution in [0.2, 0.25) is 5.02 Å². The third kappa shape index (κ3) is 7.36. The van der Waals surface area contributed by atoms with Crippen LogP contribution in [0.1, 0.15) is 25.0 Å². The average molecular weight is 437 g/mol. The van der Waals surface area contributed by atoms with Gasteiger partial charge in [0, 0.05) is 0 Å². The monoisotopic (exact) mass is 436 g/mol. The summed E-state index contributed by atoms with van der Waals surface area (Å²) in [6.45, 7) is 3.78. The van der Waals surface area contributed by atoms with Gasteiger partial charge in [0.25, 0.3) is 0 Å². The molecule has 0 heterocycles. The molecule has 0 spiro atoms. The third-order valence-electron chi connectivity index (χ3n) is 3.65. The summed E-state index contributed by atoms with van der Waals surface area (Å²) >= 11 is 6.26. The first-order valence-corrected chi connectivity index (χ1v) is 9.61. The number of nitrogens with one attached hydrogen (secondary N) is 1. The lowest BCUT2D eigenvalue weighted by atomic mass is 10.1. The summed E-state index contributed by atoms with van der Waals surface area (Å²) in [6.07, 6.45) is 1.45. The SMILES string of the molecule is CCOC(=O)COc1c(Cl)cc(/C=N/NC(=O)Cc2ccc(F)cc2)cc1OCC. The van der Waals surface area contributed by atoms with Crippen molar-refractivity contribution in [3.05, 3.63) is 58.4 Å². The normalized spacial score (nSPS) is 10.7. The van der Waals surface area contributed by atoms with Gasteiger partial charge in [-0.2, -0.15) is 5.10 Å². The molecular formula is C21H22ClFN2O5. The molecule has 0 aliphatic rings. The van der Waals surface area contributed by atoms with E-state index in [1.54, 1.807) is 26.0 Å². The minimum absolute atomic E-state index is 0.0587. The number of halogens is 2. The van der Waals surface area contributed by atoms with E-state index in [0.29, 0.717) is 23.5 Å². The Labute approximate surface area is 178 Å². The molecule has 0 aliphatic carbocycles. The van der Waals surface area contributed by atoms with Crippen LogP contribution in [0.4, 0.5) is 4.39 Å². The van der Waals surface area contributed by atoms with Gasteiger partial charge in [-0.25, -0.2) is 14.6 Å². The zero-order valence-corrected chi connectivity index (χ0v) is 17.4. The smallest absolute Gasteiger partial charge is 0.344 e. The number of rotatable bonds is 10. The topological polar surface area (TPSA) is 86.2 Å². The van der Waals surface area contributed by atoms with E-state index in [2.05, 4.69) is 10.5 Å². The zero-order valence-electron chi connectivity index (χ0n) is 16.6. The molecule has 2 aromatic rings. The number of carbonyl (C=O) groups excluding carboxylic acids is 2. The largest absolute Gasteiger partial charge is 0.490 e. The van der Waals surface area contributed by atoms with Crippen molar-refractivity contribution in [1.29, 1.82) is 0 Å². The fourth-order valence-corrected chi connectivity index (χ4v) is 2.68. The molecule has 0 saturated carbocycles. The summed E-state index contributed by atoms with van der Waals surface area (Å²) in [5.41, 5.74) is 3.61. The van der Waals surface area contributed by atoms with Crippen LogP contribution in [0.25, 0.3) is 0 Å². The van der Waals surface area contributed by atoms with Gasteiger partial charge in [-0.15, -0.1) is 0 Å². The first-order valence-electron chi connectivity index (χ1n) is 9.24. The molecule has 2 aromatic carbocycles. The van der Waals surface area contributed by atoms with Gasteiger partial charge in [0.15, 0.2) is 18.1 Å². The number of carbonyl (C=O) groups is 2. The lowest BCUT2D eigenvalue weighted by Crippen LogP contribution is -2.19. The highest BCUT2D eigenvalue weighted by atomic mass is 35.5. The molecular weight excluding hydrogens is 415 g/mol. The molecule has 0 radical (unpaired) electrons. The van der Waals surface area contributed by atoms with Gasteiger partial charge in [0.1, 0.15) is 5.82 Å². The Bertz CT molecular complexity index is 903. The van der Waals surface area contributed by atoms with E-state index < -0.39 is 5.97 Å². The number of ether oxygens (including phenoxy) is 3. The number of benzene rings is 2. The molecule has 1 N–H and O–H groups in total. The molecule has 1 amide bonds. The van der Waals surface area contributed by atoms with Crippen LogP contribution in [0.15, 0.2) is 41.5 Å². The van der Waals surface area contributed by atoms with Gasteiger partial charge >= 0.3 is 5.97 Å². The van der Waals surface area contributed by atoms with Gasteiger partial charge in [0.05, 0.1) is 30.9 Å². The molecule has 0 atom stereocenters. The van der Waals surface area contributed by atoms with Crippen molar-refractivity contribution >= 4 is 29.7 Å². The predicted molar refractivity (Wildman–Crippen MR) is 111 cm³/mol. The van der Waals surface area contributed by atoms with Crippen LogP contribution in [-0.4, -0.2) is 37.9 Å². The Morgan fingerprint density at radius 3 is 2.53 bits per heavy atom. The standard InChI is InChI=1S/C21H22ClFN2O5/c1-3-28-18-10-15(9-17(22)21(18)30-13-20(27)29-4-2)12-24-25-19(26)11-14-5-7-16(23)8-6-14/h5-10,12H,3-4,11,13H2,1-2H3,(H,25,26)/b24-12+. The molecule has 0 saturated heterocycles. The van der Waals surface area contributed by atoms with Crippen molar-refractivity contribution < 1.29 is 28.2 Å². The lowest BCUT2D eigenvalue weighted by molar-refractivity contribution is -0.145. The molecule has 0 bridgehead atoms. The first kappa shape index (κ1) is 23.2. The maximum atomic E-state index is 12.9. The number of amides is 1. The summed E-state index contributed by atoms with van der Waals surface area (Å²) < 4.78 is 28.7. The highest BCUT2D eigenvalue weighted by Gasteiger charge is 2.14. The third-order valence-corrected chi connectivity index (χ3v) is 3.93. The van der Waals surface area contributed by atoms with E-state index >= 15 is 0 Å². The maximum Gasteiger partial charge on any atom is 0.344 e. The number of hydrogen-bond donors (Lipinski definition) is 1. The van der Waals surface area contributed by atoms with Crippen molar-refractivity contribution in [2.45, 2.75) is 20.3 Å². The van der Waals surface area contributed by atoms with Crippen molar-refractivity contribution in [2.24, 2.45) is 5.10 Å². The zero-order chi connectivity index (χ0) is 21.9. The van der Waals surface area contributed by atoms with Crippen LogP contribution < -0.4 is 14.9 Å². The summed E-state index contributed by atoms with van der Waals surface area (Å²) in [5.74, 6) is -0.708. The summed E-state index contributed by atoms with van der Waals surface area (Å²) in [4.78, 5) is 23.5. The summed E-state index contributed by atoms with van der Waals surface area (Å²) in [7, 11) is 0. The predicted octanol–water partition coefficient (Wildman–Crippen LogP) is 3.51. The molecule has 9 heteroatoms. The van der Waals surface area contributed by atoms with Crippen LogP contribution in [0.3, 0.4) is 0 Å².